The number of carbonyl (C=O) groups is 2. The van der Waals surface area contributed by atoms with Crippen LogP contribution in [-0.4, -0.2) is 27.9 Å². The van der Waals surface area contributed by atoms with Crippen LogP contribution in [0.2, 0.25) is 0 Å². The maximum atomic E-state index is 12.1. The molecule has 0 aliphatic heterocycles. The van der Waals surface area contributed by atoms with Crippen molar-refractivity contribution in [1.82, 2.24) is 5.32 Å². The lowest BCUT2D eigenvalue weighted by Crippen LogP contribution is -2.41. The zero-order valence-corrected chi connectivity index (χ0v) is 11.5. The highest BCUT2D eigenvalue weighted by atomic mass is 16.6. The monoisotopic (exact) mass is 295 g/mol. The lowest BCUT2D eigenvalue weighted by Gasteiger charge is -2.14. The molecule has 0 spiro atoms. The Bertz CT molecular complexity index is 559. The number of amides is 1. The molecule has 1 aromatic carbocycles. The van der Waals surface area contributed by atoms with Gasteiger partial charge in [-0.15, -0.1) is 0 Å². The maximum absolute atomic E-state index is 12.1. The number of rotatable bonds is 7. The van der Waals surface area contributed by atoms with Gasteiger partial charge in [-0.25, -0.2) is 4.79 Å². The summed E-state index contributed by atoms with van der Waals surface area (Å²) < 4.78 is 0. The predicted molar refractivity (Wildman–Crippen MR) is 75.9 cm³/mol. The first-order chi connectivity index (χ1) is 9.88. The summed E-state index contributed by atoms with van der Waals surface area (Å²) in [6.07, 6.45) is 1.63. The number of nitro benzene ring substituents is 1. The molecular formula is C13H17N3O5. The van der Waals surface area contributed by atoms with Gasteiger partial charge in [-0.1, -0.05) is 25.8 Å². The van der Waals surface area contributed by atoms with Gasteiger partial charge in [-0.2, -0.15) is 0 Å². The molecule has 0 heterocycles. The number of carboxylic acid groups (broad SMARTS) is 1. The quantitative estimate of drug-likeness (QED) is 0.396. The molecule has 1 atom stereocenters. The third-order valence-corrected chi connectivity index (χ3v) is 2.95. The summed E-state index contributed by atoms with van der Waals surface area (Å²) in [4.78, 5) is 33.4. The molecule has 0 aromatic heterocycles. The van der Waals surface area contributed by atoms with E-state index < -0.39 is 28.5 Å². The van der Waals surface area contributed by atoms with Crippen molar-refractivity contribution in [1.29, 1.82) is 0 Å². The lowest BCUT2D eigenvalue weighted by molar-refractivity contribution is -0.385. The largest absolute Gasteiger partial charge is 0.480 e. The van der Waals surface area contributed by atoms with Gasteiger partial charge < -0.3 is 16.2 Å². The Labute approximate surface area is 121 Å². The number of benzene rings is 1. The molecule has 8 nitrogen and oxygen atoms in total. The maximum Gasteiger partial charge on any atom is 0.326 e. The minimum Gasteiger partial charge on any atom is -0.480 e. The van der Waals surface area contributed by atoms with Crippen molar-refractivity contribution in [3.05, 3.63) is 33.9 Å². The molecule has 0 saturated heterocycles. The van der Waals surface area contributed by atoms with E-state index in [4.69, 9.17) is 10.8 Å². The van der Waals surface area contributed by atoms with Gasteiger partial charge in [-0.3, -0.25) is 14.9 Å². The number of anilines is 1. The Balaban J connectivity index is 3.02. The van der Waals surface area contributed by atoms with Gasteiger partial charge in [-0.05, 0) is 12.5 Å². The number of hydrogen-bond donors (Lipinski definition) is 3. The van der Waals surface area contributed by atoms with E-state index in [1.165, 1.54) is 12.1 Å². The number of nitrogens with one attached hydrogen (secondary N) is 1. The third kappa shape index (κ3) is 4.16. The molecule has 1 rings (SSSR count). The molecule has 114 valence electrons. The molecule has 1 aromatic rings. The Morgan fingerprint density at radius 3 is 2.67 bits per heavy atom. The van der Waals surface area contributed by atoms with E-state index in [0.717, 1.165) is 12.5 Å². The highest BCUT2D eigenvalue weighted by Crippen LogP contribution is 2.24. The summed E-state index contributed by atoms with van der Waals surface area (Å²) in [5.74, 6) is -2.04. The van der Waals surface area contributed by atoms with E-state index in [9.17, 15) is 19.7 Å². The number of aliphatic carboxylic acids is 1. The first kappa shape index (κ1) is 16.4. The number of carboxylic acids is 1. The van der Waals surface area contributed by atoms with E-state index >= 15 is 0 Å². The first-order valence-corrected chi connectivity index (χ1v) is 6.45. The van der Waals surface area contributed by atoms with Crippen molar-refractivity contribution < 1.29 is 19.6 Å². The van der Waals surface area contributed by atoms with Gasteiger partial charge in [0.2, 0.25) is 0 Å². The van der Waals surface area contributed by atoms with Crippen LogP contribution < -0.4 is 11.1 Å². The summed E-state index contributed by atoms with van der Waals surface area (Å²) in [5.41, 5.74) is 4.76. The average Bonchev–Trinajstić information content (AvgIpc) is 2.42. The topological polar surface area (TPSA) is 136 Å². The third-order valence-electron chi connectivity index (χ3n) is 2.95. The molecule has 0 bridgehead atoms. The van der Waals surface area contributed by atoms with Crippen molar-refractivity contribution in [2.45, 2.75) is 32.2 Å². The van der Waals surface area contributed by atoms with Gasteiger partial charge in [0.25, 0.3) is 11.6 Å². The number of nitrogen functional groups attached to an aromatic ring is 1. The number of carbonyl (C=O) groups excluding carboxylic acids is 1. The van der Waals surface area contributed by atoms with Gasteiger partial charge >= 0.3 is 5.97 Å². The smallest absolute Gasteiger partial charge is 0.326 e. The van der Waals surface area contributed by atoms with Crippen LogP contribution in [0.5, 0.6) is 0 Å². The fraction of sp³-hybridized carbons (Fsp3) is 0.385. The fourth-order valence-electron chi connectivity index (χ4n) is 1.85. The van der Waals surface area contributed by atoms with Gasteiger partial charge in [0, 0.05) is 6.07 Å². The minimum absolute atomic E-state index is 0.0682. The molecule has 8 heteroatoms. The number of unbranched alkanes of at least 4 members (excludes halogenated alkanes) is 1. The highest BCUT2D eigenvalue weighted by Gasteiger charge is 2.27. The second-order valence-electron chi connectivity index (χ2n) is 4.50. The van der Waals surface area contributed by atoms with Crippen LogP contribution in [0.25, 0.3) is 0 Å². The molecule has 1 unspecified atom stereocenters. The van der Waals surface area contributed by atoms with Crippen LogP contribution in [0.3, 0.4) is 0 Å². The molecular weight excluding hydrogens is 278 g/mol. The van der Waals surface area contributed by atoms with Gasteiger partial charge in [0.15, 0.2) is 0 Å². The second-order valence-corrected chi connectivity index (χ2v) is 4.50. The molecule has 21 heavy (non-hydrogen) atoms. The van der Waals surface area contributed by atoms with Crippen LogP contribution in [0, 0.1) is 10.1 Å². The molecule has 0 fully saturated rings. The number of nitrogens with two attached hydrogens (primary N) is 1. The average molecular weight is 295 g/mol. The predicted octanol–water partition coefficient (Wildman–Crippen LogP) is 1.55. The van der Waals surface area contributed by atoms with Crippen LogP contribution in [-0.2, 0) is 4.79 Å². The Hall–Kier alpha value is -2.64. The Morgan fingerprint density at radius 2 is 2.14 bits per heavy atom. The summed E-state index contributed by atoms with van der Waals surface area (Å²) in [5, 5.41) is 22.3. The molecule has 0 radical (unpaired) electrons. The van der Waals surface area contributed by atoms with E-state index in [0.29, 0.717) is 6.42 Å². The number of nitrogens with zero attached hydrogens (tertiary/aromatic N) is 1. The lowest BCUT2D eigenvalue weighted by atomic mass is 10.1. The summed E-state index contributed by atoms with van der Waals surface area (Å²) >= 11 is 0. The number of nitro groups is 1. The van der Waals surface area contributed by atoms with E-state index in [1.54, 1.807) is 0 Å². The van der Waals surface area contributed by atoms with Gasteiger partial charge in [0.05, 0.1) is 10.6 Å². The van der Waals surface area contributed by atoms with E-state index in [-0.39, 0.29) is 17.7 Å². The number of hydrogen-bond acceptors (Lipinski definition) is 5. The van der Waals surface area contributed by atoms with Crippen molar-refractivity contribution >= 4 is 23.3 Å². The normalized spacial score (nSPS) is 11.7. The van der Waals surface area contributed by atoms with E-state index in [2.05, 4.69) is 5.32 Å². The minimum atomic E-state index is -1.19. The molecule has 4 N–H and O–H groups in total. The SMILES string of the molecule is CCCCC(NC(=O)c1c(N)cccc1[N+](=O)[O-])C(=O)O. The van der Waals surface area contributed by atoms with Crippen LogP contribution >= 0.6 is 0 Å². The second kappa shape index (κ2) is 7.22. The van der Waals surface area contributed by atoms with Crippen molar-refractivity contribution in [3.8, 4) is 0 Å². The Morgan fingerprint density at radius 1 is 1.48 bits per heavy atom. The summed E-state index contributed by atoms with van der Waals surface area (Å²) in [6, 6.07) is 2.75. The highest BCUT2D eigenvalue weighted by molar-refractivity contribution is 6.04. The standard InChI is InChI=1S/C13H17N3O5/c1-2-3-6-9(13(18)19)15-12(17)11-8(14)5-4-7-10(11)16(20)21/h4-5,7,9H,2-3,6,14H2,1H3,(H,15,17)(H,18,19). The summed E-state index contributed by atoms with van der Waals surface area (Å²) in [7, 11) is 0. The molecule has 0 aliphatic rings. The van der Waals surface area contributed by atoms with Crippen LogP contribution in [0.4, 0.5) is 11.4 Å². The Kier molecular flexibility index (Phi) is 5.65. The van der Waals surface area contributed by atoms with Crippen LogP contribution in [0.15, 0.2) is 18.2 Å². The molecule has 0 aliphatic carbocycles. The molecule has 0 saturated carbocycles. The van der Waals surface area contributed by atoms with Crippen molar-refractivity contribution in [3.63, 3.8) is 0 Å². The van der Waals surface area contributed by atoms with Crippen molar-refractivity contribution in [2.75, 3.05) is 5.73 Å². The van der Waals surface area contributed by atoms with Crippen LogP contribution in [0.1, 0.15) is 36.5 Å². The van der Waals surface area contributed by atoms with Crippen molar-refractivity contribution in [2.24, 2.45) is 0 Å². The zero-order valence-electron chi connectivity index (χ0n) is 11.5. The molecule has 1 amide bonds. The fourth-order valence-corrected chi connectivity index (χ4v) is 1.85. The summed E-state index contributed by atoms with van der Waals surface area (Å²) in [6.45, 7) is 1.89. The zero-order chi connectivity index (χ0) is 16.0. The van der Waals surface area contributed by atoms with Gasteiger partial charge in [0.1, 0.15) is 11.6 Å². The van der Waals surface area contributed by atoms with E-state index in [1.807, 2.05) is 6.92 Å². The first-order valence-electron chi connectivity index (χ1n) is 6.45.